The number of nitrogens with zero attached hydrogens (tertiary/aromatic N) is 1. The van der Waals surface area contributed by atoms with Crippen molar-refractivity contribution in [3.63, 3.8) is 0 Å². The van der Waals surface area contributed by atoms with Gasteiger partial charge in [0.25, 0.3) is 5.91 Å². The minimum Gasteiger partial charge on any atom is -0.478 e. The van der Waals surface area contributed by atoms with E-state index in [2.05, 4.69) is 10.6 Å². The van der Waals surface area contributed by atoms with Crippen molar-refractivity contribution < 1.29 is 29.0 Å². The highest BCUT2D eigenvalue weighted by Gasteiger charge is 2.49. The van der Waals surface area contributed by atoms with Gasteiger partial charge in [-0.3, -0.25) is 14.9 Å². The van der Waals surface area contributed by atoms with E-state index in [9.17, 15) is 19.2 Å². The van der Waals surface area contributed by atoms with Crippen LogP contribution >= 0.6 is 11.6 Å². The Balaban J connectivity index is 1.39. The predicted molar refractivity (Wildman–Crippen MR) is 139 cm³/mol. The topological polar surface area (TPSA) is 125 Å². The molecular formula is C28H24ClN3O6. The Morgan fingerprint density at radius 3 is 2.47 bits per heavy atom. The van der Waals surface area contributed by atoms with Crippen molar-refractivity contribution in [2.75, 3.05) is 18.4 Å². The van der Waals surface area contributed by atoms with Crippen molar-refractivity contribution in [3.05, 3.63) is 100 Å². The quantitative estimate of drug-likeness (QED) is 0.438. The first-order valence-electron chi connectivity index (χ1n) is 12.0. The molecule has 0 bridgehead atoms. The smallest absolute Gasteiger partial charge is 0.412 e. The molecule has 10 heteroatoms. The van der Waals surface area contributed by atoms with Crippen molar-refractivity contribution in [2.45, 2.75) is 24.5 Å². The van der Waals surface area contributed by atoms with Gasteiger partial charge in [0.05, 0.1) is 17.8 Å². The molecular weight excluding hydrogens is 510 g/mol. The van der Waals surface area contributed by atoms with Crippen LogP contribution in [0.25, 0.3) is 0 Å². The number of carboxylic acids is 1. The standard InChI is InChI=1S/C28H24ClN3O6/c29-20-10-11-22-21(15-20)28(38-27(37)31-22)12-13-32(16-28)25(34)23(14-17-4-2-1-3-5-17)30-24(33)18-6-8-19(9-7-18)26(35)36/h1-11,15,23H,12-14,16H2,(H,30,33)(H,31,37)(H,35,36)/t23-,28-/m0/s1. The monoisotopic (exact) mass is 533 g/mol. The number of likely N-dealkylation sites (tertiary alicyclic amines) is 1. The average Bonchev–Trinajstić information content (AvgIpc) is 3.33. The molecule has 1 spiro atoms. The van der Waals surface area contributed by atoms with Gasteiger partial charge in [-0.05, 0) is 48.0 Å². The number of anilines is 1. The molecule has 3 aromatic carbocycles. The Morgan fingerprint density at radius 2 is 1.76 bits per heavy atom. The molecule has 194 valence electrons. The molecule has 2 aliphatic rings. The summed E-state index contributed by atoms with van der Waals surface area (Å²) in [4.78, 5) is 51.9. The highest BCUT2D eigenvalue weighted by Crippen LogP contribution is 2.43. The third kappa shape index (κ3) is 5.05. The van der Waals surface area contributed by atoms with Crippen LogP contribution in [0.4, 0.5) is 10.5 Å². The van der Waals surface area contributed by atoms with Crippen LogP contribution in [0.1, 0.15) is 38.3 Å². The molecule has 2 heterocycles. The van der Waals surface area contributed by atoms with E-state index in [4.69, 9.17) is 21.4 Å². The number of ether oxygens (including phenoxy) is 1. The van der Waals surface area contributed by atoms with E-state index >= 15 is 0 Å². The number of carboxylic acid groups (broad SMARTS) is 1. The molecule has 1 fully saturated rings. The molecule has 3 N–H and O–H groups in total. The Bertz CT molecular complexity index is 1410. The van der Waals surface area contributed by atoms with Crippen LogP contribution in [-0.4, -0.2) is 53.0 Å². The fourth-order valence-corrected chi connectivity index (χ4v) is 5.09. The summed E-state index contributed by atoms with van der Waals surface area (Å²) < 4.78 is 5.74. The number of carbonyl (C=O) groups excluding carboxylic acids is 3. The van der Waals surface area contributed by atoms with Gasteiger partial charge in [-0.2, -0.15) is 0 Å². The minimum atomic E-state index is -1.10. The number of hydrogen-bond donors (Lipinski definition) is 3. The highest BCUT2D eigenvalue weighted by atomic mass is 35.5. The van der Waals surface area contributed by atoms with Crippen LogP contribution in [-0.2, 0) is 21.6 Å². The van der Waals surface area contributed by atoms with Crippen LogP contribution in [0.3, 0.4) is 0 Å². The van der Waals surface area contributed by atoms with Crippen molar-refractivity contribution in [2.24, 2.45) is 0 Å². The van der Waals surface area contributed by atoms with E-state index in [1.807, 2.05) is 30.3 Å². The molecule has 0 aliphatic carbocycles. The lowest BCUT2D eigenvalue weighted by molar-refractivity contribution is -0.133. The minimum absolute atomic E-state index is 0.0535. The number of carbonyl (C=O) groups is 4. The van der Waals surface area contributed by atoms with Crippen LogP contribution in [0.5, 0.6) is 0 Å². The Morgan fingerprint density at radius 1 is 1.05 bits per heavy atom. The molecule has 3 amide bonds. The van der Waals surface area contributed by atoms with Gasteiger partial charge in [0.2, 0.25) is 5.91 Å². The van der Waals surface area contributed by atoms with Crippen LogP contribution < -0.4 is 10.6 Å². The first-order valence-corrected chi connectivity index (χ1v) is 12.4. The summed E-state index contributed by atoms with van der Waals surface area (Å²) in [5, 5.41) is 15.1. The zero-order valence-corrected chi connectivity index (χ0v) is 20.9. The Kier molecular flexibility index (Phi) is 6.77. The van der Waals surface area contributed by atoms with Crippen LogP contribution in [0.2, 0.25) is 5.02 Å². The van der Waals surface area contributed by atoms with Gasteiger partial charge < -0.3 is 20.1 Å². The van der Waals surface area contributed by atoms with Gasteiger partial charge in [0.15, 0.2) is 5.60 Å². The van der Waals surface area contributed by atoms with Crippen LogP contribution in [0, 0.1) is 0 Å². The van der Waals surface area contributed by atoms with Crippen LogP contribution in [0.15, 0.2) is 72.8 Å². The number of aromatic carboxylic acids is 1. The second-order valence-corrected chi connectivity index (χ2v) is 9.74. The number of hydrogen-bond acceptors (Lipinski definition) is 5. The molecule has 1 saturated heterocycles. The van der Waals surface area contributed by atoms with Crippen molar-refractivity contribution >= 4 is 41.2 Å². The molecule has 2 aliphatic heterocycles. The summed E-state index contributed by atoms with van der Waals surface area (Å²) in [6, 6.07) is 19.0. The lowest BCUT2D eigenvalue weighted by atomic mass is 9.90. The third-order valence-electron chi connectivity index (χ3n) is 6.82. The molecule has 2 atom stereocenters. The maximum Gasteiger partial charge on any atom is 0.412 e. The summed E-state index contributed by atoms with van der Waals surface area (Å²) in [5.41, 5.74) is 1.37. The summed E-state index contributed by atoms with van der Waals surface area (Å²) in [7, 11) is 0. The first-order chi connectivity index (χ1) is 18.2. The van der Waals surface area contributed by atoms with E-state index in [1.165, 1.54) is 24.3 Å². The summed E-state index contributed by atoms with van der Waals surface area (Å²) in [5.74, 6) is -1.92. The summed E-state index contributed by atoms with van der Waals surface area (Å²) >= 11 is 6.23. The van der Waals surface area contributed by atoms with Gasteiger partial charge in [-0.1, -0.05) is 41.9 Å². The van der Waals surface area contributed by atoms with E-state index in [0.717, 1.165) is 5.56 Å². The first kappa shape index (κ1) is 25.3. The summed E-state index contributed by atoms with van der Waals surface area (Å²) in [6.07, 6.45) is 0.0154. The molecule has 5 rings (SSSR count). The zero-order chi connectivity index (χ0) is 26.9. The van der Waals surface area contributed by atoms with E-state index in [1.54, 1.807) is 23.1 Å². The highest BCUT2D eigenvalue weighted by molar-refractivity contribution is 6.30. The summed E-state index contributed by atoms with van der Waals surface area (Å²) in [6.45, 7) is 0.424. The average molecular weight is 534 g/mol. The molecule has 3 aromatic rings. The van der Waals surface area contributed by atoms with Gasteiger partial charge in [0.1, 0.15) is 6.04 Å². The van der Waals surface area contributed by atoms with Gasteiger partial charge >= 0.3 is 12.1 Å². The van der Waals surface area contributed by atoms with Gasteiger partial charge in [-0.25, -0.2) is 9.59 Å². The second kappa shape index (κ2) is 10.2. The van der Waals surface area contributed by atoms with E-state index in [0.29, 0.717) is 29.2 Å². The van der Waals surface area contributed by atoms with E-state index in [-0.39, 0.29) is 30.0 Å². The maximum atomic E-state index is 13.8. The lowest BCUT2D eigenvalue weighted by Crippen LogP contribution is -2.50. The normalized spacial score (nSPS) is 18.8. The number of nitrogens with one attached hydrogen (secondary N) is 2. The molecule has 0 unspecified atom stereocenters. The number of amides is 3. The Hall–Kier alpha value is -4.37. The van der Waals surface area contributed by atoms with Crippen molar-refractivity contribution in [1.29, 1.82) is 0 Å². The fourth-order valence-electron chi connectivity index (χ4n) is 4.92. The number of halogens is 1. The molecule has 0 aromatic heterocycles. The van der Waals surface area contributed by atoms with Gasteiger partial charge in [-0.15, -0.1) is 0 Å². The predicted octanol–water partition coefficient (Wildman–Crippen LogP) is 4.07. The Labute approximate surface area is 223 Å². The lowest BCUT2D eigenvalue weighted by Gasteiger charge is -2.35. The molecule has 38 heavy (non-hydrogen) atoms. The van der Waals surface area contributed by atoms with Gasteiger partial charge in [0, 0.05) is 35.5 Å². The zero-order valence-electron chi connectivity index (χ0n) is 20.1. The van der Waals surface area contributed by atoms with Crippen molar-refractivity contribution in [3.8, 4) is 0 Å². The fraction of sp³-hybridized carbons (Fsp3) is 0.214. The molecule has 9 nitrogen and oxygen atoms in total. The number of rotatable bonds is 6. The number of fused-ring (bicyclic) bond motifs is 2. The third-order valence-corrected chi connectivity index (χ3v) is 7.06. The maximum absolute atomic E-state index is 13.8. The second-order valence-electron chi connectivity index (χ2n) is 9.31. The molecule has 0 saturated carbocycles. The SMILES string of the molecule is O=C1Nc2ccc(Cl)cc2[C@@]2(CCN(C(=O)[C@H](Cc3ccccc3)NC(=O)c3ccc(C(=O)O)cc3)C2)O1. The van der Waals surface area contributed by atoms with E-state index < -0.39 is 29.6 Å². The molecule has 0 radical (unpaired) electrons. The largest absolute Gasteiger partial charge is 0.478 e. The number of benzene rings is 3. The van der Waals surface area contributed by atoms with Crippen molar-refractivity contribution in [1.82, 2.24) is 10.2 Å².